The number of hydrogen-bond donors (Lipinski definition) is 1. The fraction of sp³-hybridized carbons (Fsp3) is 0.333. The first-order valence-corrected chi connectivity index (χ1v) is 10.4. The van der Waals surface area contributed by atoms with E-state index in [1.807, 2.05) is 38.1 Å². The fourth-order valence-electron chi connectivity index (χ4n) is 4.08. The second-order valence-electron chi connectivity index (χ2n) is 7.96. The highest BCUT2D eigenvalue weighted by Gasteiger charge is 2.31. The number of nitro benzene ring substituents is 1. The van der Waals surface area contributed by atoms with Crippen molar-refractivity contribution >= 4 is 23.6 Å². The minimum absolute atomic E-state index is 0.0379. The summed E-state index contributed by atoms with van der Waals surface area (Å²) in [5.41, 5.74) is 2.68. The Bertz CT molecular complexity index is 1030. The van der Waals surface area contributed by atoms with Gasteiger partial charge in [-0.2, -0.15) is 0 Å². The molecular formula is C24H26N2O5. The van der Waals surface area contributed by atoms with Crippen molar-refractivity contribution in [2.24, 2.45) is 0 Å². The number of aliphatic carboxylic acids is 1. The number of rotatable bonds is 6. The Balaban J connectivity index is 2.05. The molecule has 2 aromatic rings. The van der Waals surface area contributed by atoms with Gasteiger partial charge in [0.15, 0.2) is 0 Å². The Morgan fingerprint density at radius 2 is 1.90 bits per heavy atom. The fourth-order valence-corrected chi connectivity index (χ4v) is 4.08. The molecule has 1 aliphatic heterocycles. The van der Waals surface area contributed by atoms with Gasteiger partial charge >= 0.3 is 5.97 Å². The predicted molar refractivity (Wildman–Crippen MR) is 119 cm³/mol. The molecule has 1 N–H and O–H groups in total. The Kier molecular flexibility index (Phi) is 6.84. The van der Waals surface area contributed by atoms with Gasteiger partial charge in [-0.3, -0.25) is 14.9 Å². The van der Waals surface area contributed by atoms with Crippen molar-refractivity contribution in [2.45, 2.75) is 45.1 Å². The molecule has 1 atom stereocenters. The number of benzene rings is 2. The first-order valence-electron chi connectivity index (χ1n) is 10.4. The lowest BCUT2D eigenvalue weighted by Gasteiger charge is -2.32. The molecule has 31 heavy (non-hydrogen) atoms. The number of carboxylic acid groups (broad SMARTS) is 1. The van der Waals surface area contributed by atoms with E-state index in [2.05, 4.69) is 0 Å². The molecule has 1 amide bonds. The van der Waals surface area contributed by atoms with Crippen LogP contribution in [0.3, 0.4) is 0 Å². The van der Waals surface area contributed by atoms with Crippen LogP contribution in [0.15, 0.2) is 48.5 Å². The molecule has 1 unspecified atom stereocenters. The number of carboxylic acids is 1. The number of nitro groups is 1. The van der Waals surface area contributed by atoms with Crippen LogP contribution in [-0.2, 0) is 9.59 Å². The van der Waals surface area contributed by atoms with Crippen molar-refractivity contribution in [3.63, 3.8) is 0 Å². The van der Waals surface area contributed by atoms with Gasteiger partial charge in [-0.1, -0.05) is 50.2 Å². The van der Waals surface area contributed by atoms with Crippen LogP contribution < -0.4 is 0 Å². The van der Waals surface area contributed by atoms with E-state index in [9.17, 15) is 24.8 Å². The van der Waals surface area contributed by atoms with Crippen LogP contribution in [0.25, 0.3) is 17.2 Å². The van der Waals surface area contributed by atoms with Crippen LogP contribution in [-0.4, -0.2) is 39.4 Å². The third-order valence-corrected chi connectivity index (χ3v) is 5.60. The van der Waals surface area contributed by atoms with Gasteiger partial charge in [-0.15, -0.1) is 0 Å². The number of hydrogen-bond acceptors (Lipinski definition) is 4. The number of piperidine rings is 1. The molecule has 0 spiro atoms. The maximum Gasteiger partial charge on any atom is 0.326 e. The number of amides is 1. The SMILES string of the molecule is CC(C)c1ccccc1-c1c(/C=C/C(=O)N2CCCCC2C(=O)O)cccc1[N+](=O)[O-]. The number of carbonyl (C=O) groups is 2. The van der Waals surface area contributed by atoms with Crippen molar-refractivity contribution in [3.05, 3.63) is 69.8 Å². The quantitative estimate of drug-likeness (QED) is 0.407. The van der Waals surface area contributed by atoms with Gasteiger partial charge < -0.3 is 10.0 Å². The lowest BCUT2D eigenvalue weighted by molar-refractivity contribution is -0.384. The van der Waals surface area contributed by atoms with Gasteiger partial charge in [0.05, 0.1) is 10.5 Å². The number of likely N-dealkylation sites (tertiary alicyclic amines) is 1. The monoisotopic (exact) mass is 422 g/mol. The predicted octanol–water partition coefficient (Wildman–Crippen LogP) is 4.86. The molecular weight excluding hydrogens is 396 g/mol. The highest BCUT2D eigenvalue weighted by molar-refractivity contribution is 5.96. The lowest BCUT2D eigenvalue weighted by Crippen LogP contribution is -2.47. The Labute approximate surface area is 181 Å². The van der Waals surface area contributed by atoms with Crippen LogP contribution in [0.2, 0.25) is 0 Å². The van der Waals surface area contributed by atoms with Crippen LogP contribution in [0.4, 0.5) is 5.69 Å². The largest absolute Gasteiger partial charge is 0.480 e. The van der Waals surface area contributed by atoms with Crippen molar-refractivity contribution in [1.29, 1.82) is 0 Å². The maximum atomic E-state index is 12.8. The standard InChI is InChI=1S/C24H26N2O5/c1-16(2)18-9-3-4-10-19(18)23-17(8-7-12-20(23)26(30)31)13-14-22(27)25-15-6-5-11-21(25)24(28)29/h3-4,7-10,12-14,16,21H,5-6,11,15H2,1-2H3,(H,28,29)/b14-13+. The minimum Gasteiger partial charge on any atom is -0.480 e. The Morgan fingerprint density at radius 3 is 2.58 bits per heavy atom. The Morgan fingerprint density at radius 1 is 1.16 bits per heavy atom. The van der Waals surface area contributed by atoms with Crippen molar-refractivity contribution in [3.8, 4) is 11.1 Å². The van der Waals surface area contributed by atoms with Crippen molar-refractivity contribution < 1.29 is 19.6 Å². The van der Waals surface area contributed by atoms with E-state index in [0.717, 1.165) is 24.0 Å². The Hall–Kier alpha value is -3.48. The van der Waals surface area contributed by atoms with E-state index < -0.39 is 22.8 Å². The topological polar surface area (TPSA) is 101 Å². The molecule has 162 valence electrons. The second kappa shape index (κ2) is 9.55. The van der Waals surface area contributed by atoms with Gasteiger partial charge in [-0.05, 0) is 47.9 Å². The van der Waals surface area contributed by atoms with Gasteiger partial charge in [0, 0.05) is 18.7 Å². The highest BCUT2D eigenvalue weighted by Crippen LogP contribution is 2.38. The first-order chi connectivity index (χ1) is 14.8. The molecule has 0 aromatic heterocycles. The molecule has 7 nitrogen and oxygen atoms in total. The smallest absolute Gasteiger partial charge is 0.326 e. The van der Waals surface area contributed by atoms with Gasteiger partial charge in [0.25, 0.3) is 5.69 Å². The summed E-state index contributed by atoms with van der Waals surface area (Å²) in [6, 6.07) is 11.5. The highest BCUT2D eigenvalue weighted by atomic mass is 16.6. The van der Waals surface area contributed by atoms with E-state index in [1.165, 1.54) is 17.0 Å². The van der Waals surface area contributed by atoms with E-state index in [4.69, 9.17) is 0 Å². The zero-order valence-electron chi connectivity index (χ0n) is 17.7. The van der Waals surface area contributed by atoms with Gasteiger partial charge in [0.1, 0.15) is 6.04 Å². The molecule has 7 heteroatoms. The molecule has 1 saturated heterocycles. The first kappa shape index (κ1) is 22.2. The lowest BCUT2D eigenvalue weighted by atomic mass is 9.89. The average Bonchev–Trinajstić information content (AvgIpc) is 2.77. The molecule has 1 heterocycles. The zero-order valence-corrected chi connectivity index (χ0v) is 17.7. The molecule has 1 fully saturated rings. The normalized spacial score (nSPS) is 16.6. The summed E-state index contributed by atoms with van der Waals surface area (Å²) < 4.78 is 0. The second-order valence-corrected chi connectivity index (χ2v) is 7.96. The molecule has 0 saturated carbocycles. The summed E-state index contributed by atoms with van der Waals surface area (Å²) in [7, 11) is 0. The van der Waals surface area contributed by atoms with Crippen LogP contribution >= 0.6 is 0 Å². The summed E-state index contributed by atoms with van der Waals surface area (Å²) in [6.45, 7) is 4.43. The average molecular weight is 422 g/mol. The zero-order chi connectivity index (χ0) is 22.5. The van der Waals surface area contributed by atoms with E-state index in [-0.39, 0.29) is 11.6 Å². The van der Waals surface area contributed by atoms with Crippen molar-refractivity contribution in [2.75, 3.05) is 6.54 Å². The van der Waals surface area contributed by atoms with Gasteiger partial charge in [0.2, 0.25) is 5.91 Å². The third kappa shape index (κ3) is 4.82. The minimum atomic E-state index is -1.01. The molecule has 0 aliphatic carbocycles. The summed E-state index contributed by atoms with van der Waals surface area (Å²) in [5.74, 6) is -1.26. The number of carbonyl (C=O) groups excluding carboxylic acids is 1. The summed E-state index contributed by atoms with van der Waals surface area (Å²) in [5, 5.41) is 21.2. The van der Waals surface area contributed by atoms with Crippen LogP contribution in [0.5, 0.6) is 0 Å². The third-order valence-electron chi connectivity index (χ3n) is 5.60. The van der Waals surface area contributed by atoms with E-state index >= 15 is 0 Å². The maximum absolute atomic E-state index is 12.8. The molecule has 1 aliphatic rings. The van der Waals surface area contributed by atoms with E-state index in [0.29, 0.717) is 24.1 Å². The van der Waals surface area contributed by atoms with E-state index in [1.54, 1.807) is 18.2 Å². The summed E-state index contributed by atoms with van der Waals surface area (Å²) >= 11 is 0. The molecule has 3 rings (SSSR count). The number of nitrogens with zero attached hydrogens (tertiary/aromatic N) is 2. The molecule has 0 radical (unpaired) electrons. The van der Waals surface area contributed by atoms with Crippen LogP contribution in [0.1, 0.15) is 50.2 Å². The van der Waals surface area contributed by atoms with Gasteiger partial charge in [-0.25, -0.2) is 4.79 Å². The van der Waals surface area contributed by atoms with Crippen molar-refractivity contribution in [1.82, 2.24) is 4.90 Å². The molecule has 2 aromatic carbocycles. The molecule has 0 bridgehead atoms. The van der Waals surface area contributed by atoms with Crippen LogP contribution in [0, 0.1) is 10.1 Å². The summed E-state index contributed by atoms with van der Waals surface area (Å²) in [4.78, 5) is 37.0. The summed E-state index contributed by atoms with van der Waals surface area (Å²) in [6.07, 6.45) is 4.83.